The summed E-state index contributed by atoms with van der Waals surface area (Å²) in [6.07, 6.45) is -3.77. The quantitative estimate of drug-likeness (QED) is 0.380. The lowest BCUT2D eigenvalue weighted by Gasteiger charge is -2.43. The molecule has 8 nitrogen and oxygen atoms in total. The Morgan fingerprint density at radius 1 is 1.28 bits per heavy atom. The summed E-state index contributed by atoms with van der Waals surface area (Å²) < 4.78 is 5.20. The fourth-order valence-corrected chi connectivity index (χ4v) is 2.92. The summed E-state index contributed by atoms with van der Waals surface area (Å²) in [6.45, 7) is -0.304. The number of nitrogens with one attached hydrogen (secondary N) is 1. The third-order valence-electron chi connectivity index (χ3n) is 4.31. The van der Waals surface area contributed by atoms with E-state index in [1.807, 2.05) is 30.3 Å². The Hall–Kier alpha value is -1.71. The zero-order valence-corrected chi connectivity index (χ0v) is 13.8. The van der Waals surface area contributed by atoms with Crippen LogP contribution >= 0.6 is 0 Å². The molecule has 25 heavy (non-hydrogen) atoms. The van der Waals surface area contributed by atoms with Gasteiger partial charge in [0.25, 0.3) is 0 Å². The van der Waals surface area contributed by atoms with Crippen molar-refractivity contribution in [2.45, 2.75) is 55.8 Å². The second kappa shape index (κ2) is 8.59. The molecule has 2 rings (SSSR count). The highest BCUT2D eigenvalue weighted by Crippen LogP contribution is 2.30. The number of carboxylic acids is 1. The number of carboxylic acid groups (broad SMARTS) is 1. The molecule has 1 unspecified atom stereocenters. The molecule has 0 aliphatic carbocycles. The maximum atomic E-state index is 10.7. The van der Waals surface area contributed by atoms with Crippen LogP contribution in [0.1, 0.15) is 25.7 Å². The third kappa shape index (κ3) is 5.38. The molecule has 0 amide bonds. The highest BCUT2D eigenvalue weighted by atomic mass is 16.6. The van der Waals surface area contributed by atoms with Crippen molar-refractivity contribution in [2.75, 3.05) is 11.9 Å². The van der Waals surface area contributed by atoms with Gasteiger partial charge in [0, 0.05) is 24.6 Å². The number of aliphatic hydroxyl groups is 4. The van der Waals surface area contributed by atoms with Crippen molar-refractivity contribution in [3.05, 3.63) is 30.3 Å². The highest BCUT2D eigenvalue weighted by molar-refractivity contribution is 5.66. The van der Waals surface area contributed by atoms with E-state index >= 15 is 0 Å². The van der Waals surface area contributed by atoms with Gasteiger partial charge in [0.1, 0.15) is 18.3 Å². The van der Waals surface area contributed by atoms with Crippen LogP contribution in [0.2, 0.25) is 0 Å². The molecule has 0 spiro atoms. The molecule has 140 valence electrons. The number of aliphatic carboxylic acids is 1. The Morgan fingerprint density at radius 3 is 2.60 bits per heavy atom. The lowest BCUT2D eigenvalue weighted by molar-refractivity contribution is -0.324. The molecule has 1 saturated heterocycles. The number of carbonyl (C=O) groups is 1. The largest absolute Gasteiger partial charge is 0.481 e. The van der Waals surface area contributed by atoms with Crippen LogP contribution in [0.15, 0.2) is 30.3 Å². The zero-order valence-electron chi connectivity index (χ0n) is 13.8. The van der Waals surface area contributed by atoms with Crippen LogP contribution in [0.4, 0.5) is 5.69 Å². The van der Waals surface area contributed by atoms with Crippen molar-refractivity contribution in [1.82, 2.24) is 0 Å². The van der Waals surface area contributed by atoms with Gasteiger partial charge in [0.2, 0.25) is 0 Å². The van der Waals surface area contributed by atoms with E-state index in [0.717, 1.165) is 5.69 Å². The van der Waals surface area contributed by atoms with Crippen LogP contribution in [-0.4, -0.2) is 68.2 Å². The number of rotatable bonds is 8. The van der Waals surface area contributed by atoms with Crippen molar-refractivity contribution in [3.8, 4) is 0 Å². The summed E-state index contributed by atoms with van der Waals surface area (Å²) >= 11 is 0. The van der Waals surface area contributed by atoms with E-state index < -0.39 is 36.1 Å². The first-order valence-electron chi connectivity index (χ1n) is 8.26. The van der Waals surface area contributed by atoms with E-state index in [-0.39, 0.29) is 19.4 Å². The van der Waals surface area contributed by atoms with Gasteiger partial charge in [-0.1, -0.05) is 18.2 Å². The molecule has 1 heterocycles. The molecule has 0 aromatic heterocycles. The second-order valence-corrected chi connectivity index (χ2v) is 6.36. The molecule has 5 atom stereocenters. The van der Waals surface area contributed by atoms with E-state index in [0.29, 0.717) is 12.8 Å². The van der Waals surface area contributed by atoms with E-state index in [1.54, 1.807) is 0 Å². The maximum Gasteiger partial charge on any atom is 0.303 e. The van der Waals surface area contributed by atoms with Gasteiger partial charge in [-0.25, -0.2) is 0 Å². The maximum absolute atomic E-state index is 10.7. The molecule has 8 heteroatoms. The summed E-state index contributed by atoms with van der Waals surface area (Å²) in [4.78, 5) is 10.7. The molecule has 1 aromatic rings. The minimum Gasteiger partial charge on any atom is -0.481 e. The standard InChI is InChI=1S/C17H25NO7/c19-13-10-25-17(24,16(23)15(13)22)9-12(7-4-8-14(20)21)18-11-5-2-1-3-6-11/h1-3,5-6,12-13,15-16,18-19,22-24H,4,7-10H2,(H,20,21)/t12?,13-,15+,16-,17-/m1/s1. The topological polar surface area (TPSA) is 139 Å². The van der Waals surface area contributed by atoms with Crippen molar-refractivity contribution in [2.24, 2.45) is 0 Å². The van der Waals surface area contributed by atoms with E-state index in [2.05, 4.69) is 5.32 Å². The summed E-state index contributed by atoms with van der Waals surface area (Å²) in [6, 6.07) is 8.76. The third-order valence-corrected chi connectivity index (χ3v) is 4.31. The van der Waals surface area contributed by atoms with Crippen LogP contribution in [-0.2, 0) is 9.53 Å². The molecule has 1 aromatic carbocycles. The Labute approximate surface area is 145 Å². The van der Waals surface area contributed by atoms with Crippen molar-refractivity contribution < 1.29 is 35.1 Å². The molecular formula is C17H25NO7. The number of hydrogen-bond acceptors (Lipinski definition) is 7. The average molecular weight is 355 g/mol. The Balaban J connectivity index is 2.07. The van der Waals surface area contributed by atoms with E-state index in [1.165, 1.54) is 0 Å². The number of benzene rings is 1. The average Bonchev–Trinajstić information content (AvgIpc) is 2.57. The predicted octanol–water partition coefficient (Wildman–Crippen LogP) is -0.0864. The molecule has 1 fully saturated rings. The van der Waals surface area contributed by atoms with Crippen LogP contribution in [0, 0.1) is 0 Å². The lowest BCUT2D eigenvalue weighted by atomic mass is 9.90. The number of hydrogen-bond donors (Lipinski definition) is 6. The molecular weight excluding hydrogens is 330 g/mol. The van der Waals surface area contributed by atoms with Crippen molar-refractivity contribution >= 4 is 11.7 Å². The first kappa shape index (κ1) is 19.6. The van der Waals surface area contributed by atoms with Gasteiger partial charge >= 0.3 is 5.97 Å². The molecule has 1 aliphatic heterocycles. The number of ether oxygens (including phenoxy) is 1. The Morgan fingerprint density at radius 2 is 1.96 bits per heavy atom. The van der Waals surface area contributed by atoms with Gasteiger partial charge in [-0.2, -0.15) is 0 Å². The Kier molecular flexibility index (Phi) is 6.74. The minimum atomic E-state index is -2.03. The first-order valence-corrected chi connectivity index (χ1v) is 8.26. The number of aliphatic hydroxyl groups excluding tert-OH is 3. The number of para-hydroxylation sites is 1. The monoisotopic (exact) mass is 355 g/mol. The van der Waals surface area contributed by atoms with Crippen LogP contribution < -0.4 is 5.32 Å². The molecule has 0 bridgehead atoms. The van der Waals surface area contributed by atoms with Crippen molar-refractivity contribution in [3.63, 3.8) is 0 Å². The van der Waals surface area contributed by atoms with Gasteiger partial charge in [-0.05, 0) is 25.0 Å². The first-order chi connectivity index (χ1) is 11.8. The second-order valence-electron chi connectivity index (χ2n) is 6.36. The van der Waals surface area contributed by atoms with E-state index in [4.69, 9.17) is 9.84 Å². The molecule has 0 saturated carbocycles. The minimum absolute atomic E-state index is 0.0177. The van der Waals surface area contributed by atoms with Gasteiger partial charge in [0.05, 0.1) is 6.61 Å². The summed E-state index contributed by atoms with van der Waals surface area (Å²) in [7, 11) is 0. The molecule has 6 N–H and O–H groups in total. The van der Waals surface area contributed by atoms with Gasteiger partial charge in [-0.15, -0.1) is 0 Å². The predicted molar refractivity (Wildman–Crippen MR) is 88.9 cm³/mol. The zero-order chi connectivity index (χ0) is 18.4. The van der Waals surface area contributed by atoms with E-state index in [9.17, 15) is 25.2 Å². The lowest BCUT2D eigenvalue weighted by Crippen LogP contribution is -2.62. The molecule has 0 radical (unpaired) electrons. The summed E-state index contributed by atoms with van der Waals surface area (Å²) in [5.74, 6) is -2.95. The van der Waals surface area contributed by atoms with Crippen LogP contribution in [0.3, 0.4) is 0 Å². The fourth-order valence-electron chi connectivity index (χ4n) is 2.92. The van der Waals surface area contributed by atoms with Crippen LogP contribution in [0.25, 0.3) is 0 Å². The summed E-state index contributed by atoms with van der Waals surface area (Å²) in [5, 5.41) is 52.0. The van der Waals surface area contributed by atoms with Crippen LogP contribution in [0.5, 0.6) is 0 Å². The summed E-state index contributed by atoms with van der Waals surface area (Å²) in [5.41, 5.74) is 0.775. The van der Waals surface area contributed by atoms with Crippen molar-refractivity contribution in [1.29, 1.82) is 0 Å². The normalized spacial score (nSPS) is 30.6. The SMILES string of the molecule is O=C(O)CCCC(C[C@@]1(O)OC[C@@H](O)[C@H](O)[C@H]1O)Nc1ccccc1. The fraction of sp³-hybridized carbons (Fsp3) is 0.588. The Bertz CT molecular complexity index is 555. The molecule has 1 aliphatic rings. The van der Waals surface area contributed by atoms with Gasteiger partial charge in [-0.3, -0.25) is 4.79 Å². The van der Waals surface area contributed by atoms with Gasteiger partial charge < -0.3 is 35.6 Å². The smallest absolute Gasteiger partial charge is 0.303 e. The van der Waals surface area contributed by atoms with Gasteiger partial charge in [0.15, 0.2) is 5.79 Å². The number of anilines is 1. The highest BCUT2D eigenvalue weighted by Gasteiger charge is 2.49.